The van der Waals surface area contributed by atoms with Crippen LogP contribution in [-0.4, -0.2) is 63.5 Å². The van der Waals surface area contributed by atoms with Gasteiger partial charge in [-0.05, 0) is 5.92 Å². The van der Waals surface area contributed by atoms with E-state index in [1.807, 2.05) is 13.8 Å². The number of hydrogen-bond donors (Lipinski definition) is 3. The van der Waals surface area contributed by atoms with E-state index in [4.69, 9.17) is 0 Å². The molecule has 4 rings (SSSR count). The molecule has 10 nitrogen and oxygen atoms in total. The van der Waals surface area contributed by atoms with E-state index in [-0.39, 0.29) is 35.9 Å². The molecule has 1 saturated heterocycles. The lowest BCUT2D eigenvalue weighted by molar-refractivity contribution is -0.137. The summed E-state index contributed by atoms with van der Waals surface area (Å²) in [6, 6.07) is 0. The number of rotatable bonds is 5. The number of anilines is 1. The van der Waals surface area contributed by atoms with Crippen molar-refractivity contribution < 1.29 is 18.8 Å². The van der Waals surface area contributed by atoms with Gasteiger partial charge in [-0.25, -0.2) is 14.4 Å². The number of halogens is 1. The molecule has 31 heavy (non-hydrogen) atoms. The fourth-order valence-corrected chi connectivity index (χ4v) is 3.73. The number of pyridine rings is 1. The summed E-state index contributed by atoms with van der Waals surface area (Å²) < 4.78 is 14.6. The molecule has 0 saturated carbocycles. The van der Waals surface area contributed by atoms with Gasteiger partial charge in [-0.1, -0.05) is 13.8 Å². The second-order valence-electron chi connectivity index (χ2n) is 7.92. The van der Waals surface area contributed by atoms with Crippen molar-refractivity contribution in [3.63, 3.8) is 0 Å². The number of hydrazine groups is 2. The van der Waals surface area contributed by atoms with Gasteiger partial charge in [-0.15, -0.1) is 5.53 Å². The van der Waals surface area contributed by atoms with Crippen molar-refractivity contribution in [2.24, 2.45) is 5.92 Å². The molecule has 2 aliphatic rings. The third kappa shape index (κ3) is 3.96. The van der Waals surface area contributed by atoms with Gasteiger partial charge in [0.2, 0.25) is 5.91 Å². The highest BCUT2D eigenvalue weighted by atomic mass is 19.1. The zero-order valence-electron chi connectivity index (χ0n) is 17.3. The fourth-order valence-electron chi connectivity index (χ4n) is 3.73. The molecule has 2 aromatic heterocycles. The lowest BCUT2D eigenvalue weighted by Crippen LogP contribution is -2.52. The van der Waals surface area contributed by atoms with Gasteiger partial charge < -0.3 is 20.2 Å². The average Bonchev–Trinajstić information content (AvgIpc) is 3.43. The van der Waals surface area contributed by atoms with Crippen molar-refractivity contribution in [2.45, 2.75) is 20.3 Å². The third-order valence-electron chi connectivity index (χ3n) is 5.30. The number of fused-ring (bicyclic) bond motifs is 1. The van der Waals surface area contributed by atoms with Crippen LogP contribution in [0, 0.1) is 11.7 Å². The lowest BCUT2D eigenvalue weighted by atomic mass is 10.1. The quantitative estimate of drug-likeness (QED) is 0.478. The first-order valence-corrected chi connectivity index (χ1v) is 10.1. The predicted molar refractivity (Wildman–Crippen MR) is 111 cm³/mol. The van der Waals surface area contributed by atoms with E-state index in [0.717, 1.165) is 6.20 Å². The van der Waals surface area contributed by atoms with E-state index in [0.29, 0.717) is 30.8 Å². The number of nitrogens with zero attached hydrogens (tertiary/aromatic N) is 4. The topological polar surface area (TPSA) is 114 Å². The molecule has 1 fully saturated rings. The van der Waals surface area contributed by atoms with Crippen LogP contribution in [0.3, 0.4) is 0 Å². The Morgan fingerprint density at radius 3 is 2.52 bits per heavy atom. The highest BCUT2D eigenvalue weighted by molar-refractivity contribution is 6.45. The molecule has 3 N–H and O–H groups in total. The molecule has 2 aliphatic heterocycles. The number of Topliss-reactive ketones (excluding diaryl/α,β-unsaturated/α-hetero) is 1. The maximum atomic E-state index is 14.6. The van der Waals surface area contributed by atoms with Gasteiger partial charge >= 0.3 is 0 Å². The Bertz CT molecular complexity index is 1060. The number of piperazine rings is 1. The molecule has 11 heteroatoms. The van der Waals surface area contributed by atoms with Crippen LogP contribution in [-0.2, 0) is 9.59 Å². The summed E-state index contributed by atoms with van der Waals surface area (Å²) in [5, 5.41) is 1.53. The molecule has 164 valence electrons. The zero-order chi connectivity index (χ0) is 22.1. The molecule has 0 atom stereocenters. The summed E-state index contributed by atoms with van der Waals surface area (Å²) in [5.41, 5.74) is 5.80. The van der Waals surface area contributed by atoms with E-state index in [9.17, 15) is 18.8 Å². The van der Waals surface area contributed by atoms with Crippen molar-refractivity contribution in [1.29, 1.82) is 0 Å². The van der Waals surface area contributed by atoms with Gasteiger partial charge in [0.25, 0.3) is 11.7 Å². The number of ketones is 1. The standard InChI is InChI=1S/C20H24FN7O3/c1-12(2)9-15(29)26-5-7-27(8-6-26)20(31)18(30)13-10-22-17-16(13)14(21)11-23-19(17)28-4-3-24-25-28/h3-4,10-12,22,24-25H,5-9H2,1-2H3. The Morgan fingerprint density at radius 2 is 1.87 bits per heavy atom. The van der Waals surface area contributed by atoms with E-state index >= 15 is 0 Å². The highest BCUT2D eigenvalue weighted by Crippen LogP contribution is 2.29. The Balaban J connectivity index is 1.51. The number of aromatic nitrogens is 2. The van der Waals surface area contributed by atoms with Gasteiger partial charge in [-0.2, -0.15) is 0 Å². The molecule has 2 amide bonds. The Labute approximate surface area is 178 Å². The van der Waals surface area contributed by atoms with E-state index in [2.05, 4.69) is 20.9 Å². The Kier molecular flexibility index (Phi) is 5.59. The molecule has 0 aliphatic carbocycles. The normalized spacial score (nSPS) is 16.3. The first kappa shape index (κ1) is 20.8. The smallest absolute Gasteiger partial charge is 0.295 e. The van der Waals surface area contributed by atoms with Gasteiger partial charge in [0, 0.05) is 51.2 Å². The van der Waals surface area contributed by atoms with Crippen molar-refractivity contribution in [3.05, 3.63) is 36.2 Å². The molecule has 4 heterocycles. The monoisotopic (exact) mass is 429 g/mol. The van der Waals surface area contributed by atoms with Gasteiger partial charge in [0.1, 0.15) is 0 Å². The predicted octanol–water partition coefficient (Wildman–Crippen LogP) is 0.902. The highest BCUT2D eigenvalue weighted by Gasteiger charge is 2.31. The number of carbonyl (C=O) groups excluding carboxylic acids is 3. The number of amides is 2. The SMILES string of the molecule is CC(C)CC(=O)N1CCN(C(=O)C(=O)c2c[nH]c3c(N4C=CNN4)ncc(F)c23)CC1. The Morgan fingerprint density at radius 1 is 1.16 bits per heavy atom. The van der Waals surface area contributed by atoms with Crippen LogP contribution in [0.15, 0.2) is 24.8 Å². The fraction of sp³-hybridized carbons (Fsp3) is 0.400. The minimum Gasteiger partial charge on any atom is -0.357 e. The molecular formula is C20H24FN7O3. The van der Waals surface area contributed by atoms with Crippen LogP contribution >= 0.6 is 0 Å². The molecule has 0 unspecified atom stereocenters. The van der Waals surface area contributed by atoms with Crippen LogP contribution in [0.25, 0.3) is 10.9 Å². The van der Waals surface area contributed by atoms with Gasteiger partial charge in [0.05, 0.1) is 22.7 Å². The summed E-state index contributed by atoms with van der Waals surface area (Å²) in [6.45, 7) is 5.23. The van der Waals surface area contributed by atoms with Crippen LogP contribution in [0.1, 0.15) is 30.6 Å². The van der Waals surface area contributed by atoms with Crippen LogP contribution < -0.4 is 16.0 Å². The first-order valence-electron chi connectivity index (χ1n) is 10.1. The molecular weight excluding hydrogens is 405 g/mol. The summed E-state index contributed by atoms with van der Waals surface area (Å²) in [7, 11) is 0. The second kappa shape index (κ2) is 8.34. The number of nitrogens with one attached hydrogen (secondary N) is 3. The Hall–Kier alpha value is -3.47. The molecule has 0 spiro atoms. The van der Waals surface area contributed by atoms with E-state index < -0.39 is 17.5 Å². The summed E-state index contributed by atoms with van der Waals surface area (Å²) in [6.07, 6.45) is 6.07. The number of aromatic amines is 1. The van der Waals surface area contributed by atoms with Crippen molar-refractivity contribution in [1.82, 2.24) is 30.7 Å². The van der Waals surface area contributed by atoms with Crippen molar-refractivity contribution in [3.8, 4) is 0 Å². The molecule has 0 bridgehead atoms. The molecule has 0 radical (unpaired) electrons. The van der Waals surface area contributed by atoms with Crippen LogP contribution in [0.4, 0.5) is 10.2 Å². The van der Waals surface area contributed by atoms with Crippen LogP contribution in [0.5, 0.6) is 0 Å². The van der Waals surface area contributed by atoms with Gasteiger partial charge in [-0.3, -0.25) is 14.4 Å². The van der Waals surface area contributed by atoms with Crippen molar-refractivity contribution >= 4 is 34.3 Å². The zero-order valence-corrected chi connectivity index (χ0v) is 17.3. The van der Waals surface area contributed by atoms with Gasteiger partial charge in [0.15, 0.2) is 11.6 Å². The number of carbonyl (C=O) groups is 3. The van der Waals surface area contributed by atoms with Crippen molar-refractivity contribution in [2.75, 3.05) is 31.2 Å². The first-order chi connectivity index (χ1) is 14.9. The maximum absolute atomic E-state index is 14.6. The van der Waals surface area contributed by atoms with Crippen LogP contribution in [0.2, 0.25) is 0 Å². The lowest BCUT2D eigenvalue weighted by Gasteiger charge is -2.34. The average molecular weight is 429 g/mol. The largest absolute Gasteiger partial charge is 0.357 e. The molecule has 2 aromatic rings. The minimum atomic E-state index is -0.799. The summed E-state index contributed by atoms with van der Waals surface area (Å²) in [5.74, 6) is -1.56. The molecule has 0 aromatic carbocycles. The third-order valence-corrected chi connectivity index (χ3v) is 5.30. The maximum Gasteiger partial charge on any atom is 0.295 e. The number of hydrogen-bond acceptors (Lipinski definition) is 7. The second-order valence-corrected chi connectivity index (χ2v) is 7.92. The minimum absolute atomic E-state index is 0.0104. The van der Waals surface area contributed by atoms with E-state index in [1.54, 1.807) is 17.3 Å². The number of H-pyrrole nitrogens is 1. The summed E-state index contributed by atoms with van der Waals surface area (Å²) in [4.78, 5) is 48.0. The van der Waals surface area contributed by atoms with E-state index in [1.165, 1.54) is 16.1 Å². The summed E-state index contributed by atoms with van der Waals surface area (Å²) >= 11 is 0.